The molecule has 0 saturated carbocycles. The molecule has 0 aromatic heterocycles. The molecule has 0 atom stereocenters. The lowest BCUT2D eigenvalue weighted by molar-refractivity contribution is 0.831. The summed E-state index contributed by atoms with van der Waals surface area (Å²) >= 11 is 4.68. The minimum Gasteiger partial charge on any atom is -0.152 e. The van der Waals surface area contributed by atoms with Crippen molar-refractivity contribution >= 4 is 25.9 Å². The second kappa shape index (κ2) is 5.04. The summed E-state index contributed by atoms with van der Waals surface area (Å²) in [4.78, 5) is 0. The highest BCUT2D eigenvalue weighted by molar-refractivity contribution is 7.87. The molecule has 0 nitrogen and oxygen atoms in total. The highest BCUT2D eigenvalue weighted by atomic mass is 32.1. The number of thiol groups is 1. The van der Waals surface area contributed by atoms with E-state index in [0.717, 1.165) is 0 Å². The lowest BCUT2D eigenvalue weighted by Gasteiger charge is -2.24. The Morgan fingerprint density at radius 1 is 1.20 bits per heavy atom. The van der Waals surface area contributed by atoms with Crippen LogP contribution in [0.25, 0.3) is 0 Å². The van der Waals surface area contributed by atoms with Crippen molar-refractivity contribution in [2.24, 2.45) is 5.92 Å². The van der Waals surface area contributed by atoms with Crippen LogP contribution in [0.5, 0.6) is 0 Å². The van der Waals surface area contributed by atoms with Crippen LogP contribution in [-0.4, -0.2) is 8.07 Å². The molecule has 1 aromatic rings. The van der Waals surface area contributed by atoms with Crippen molar-refractivity contribution in [3.05, 3.63) is 40.9 Å². The van der Waals surface area contributed by atoms with Crippen LogP contribution >= 0.6 is 12.6 Å². The van der Waals surface area contributed by atoms with Crippen molar-refractivity contribution in [2.45, 2.75) is 26.9 Å². The molecule has 82 valence electrons. The maximum Gasteiger partial charge on any atom is 0.119 e. The molecule has 0 unspecified atom stereocenters. The number of hydrogen-bond donors (Lipinski definition) is 1. The van der Waals surface area contributed by atoms with E-state index in [2.05, 4.69) is 76.0 Å². The van der Waals surface area contributed by atoms with Gasteiger partial charge in [0.05, 0.1) is 0 Å². The van der Waals surface area contributed by atoms with Gasteiger partial charge in [0.25, 0.3) is 0 Å². The topological polar surface area (TPSA) is 0 Å². The van der Waals surface area contributed by atoms with Crippen LogP contribution in [0.15, 0.2) is 40.9 Å². The van der Waals surface area contributed by atoms with Crippen LogP contribution in [0.3, 0.4) is 0 Å². The molecule has 1 aromatic carbocycles. The van der Waals surface area contributed by atoms with E-state index in [1.165, 1.54) is 9.72 Å². The van der Waals surface area contributed by atoms with E-state index in [0.29, 0.717) is 5.92 Å². The summed E-state index contributed by atoms with van der Waals surface area (Å²) < 4.78 is 1.28. The molecule has 0 fully saturated rings. The van der Waals surface area contributed by atoms with Crippen molar-refractivity contribution < 1.29 is 0 Å². The fourth-order valence-electron chi connectivity index (χ4n) is 1.53. The fraction of sp³-hybridized carbons (Fsp3) is 0.385. The molecule has 0 bridgehead atoms. The summed E-state index contributed by atoms with van der Waals surface area (Å²) in [6.45, 7) is 9.10. The monoisotopic (exact) mass is 236 g/mol. The maximum atomic E-state index is 4.68. The van der Waals surface area contributed by atoms with Crippen LogP contribution in [0.1, 0.15) is 13.8 Å². The molecule has 2 heteroatoms. The third-order valence-electron chi connectivity index (χ3n) is 2.63. The van der Waals surface area contributed by atoms with Gasteiger partial charge in [-0.3, -0.25) is 0 Å². The van der Waals surface area contributed by atoms with Gasteiger partial charge in [0.1, 0.15) is 8.07 Å². The van der Waals surface area contributed by atoms with Gasteiger partial charge < -0.3 is 0 Å². The van der Waals surface area contributed by atoms with Crippen molar-refractivity contribution in [1.82, 2.24) is 0 Å². The van der Waals surface area contributed by atoms with Gasteiger partial charge in [-0.1, -0.05) is 68.5 Å². The third kappa shape index (κ3) is 3.25. The largest absolute Gasteiger partial charge is 0.152 e. The number of benzene rings is 1. The average molecular weight is 236 g/mol. The Bertz CT molecular complexity index is 339. The van der Waals surface area contributed by atoms with Gasteiger partial charge in [-0.2, -0.15) is 12.6 Å². The molecular weight excluding hydrogens is 216 g/mol. The Labute approximate surface area is 99.8 Å². The first-order valence-corrected chi connectivity index (χ1v) is 8.86. The highest BCUT2D eigenvalue weighted by Crippen LogP contribution is 2.20. The highest BCUT2D eigenvalue weighted by Gasteiger charge is 2.26. The summed E-state index contributed by atoms with van der Waals surface area (Å²) in [5.41, 5.74) is 0. The standard InChI is InChI=1S/C13H20SSi/c1-11(2)10-13(14)15(3,4)12-8-6-5-7-9-12/h5-11,14H,1-4H3/b13-10+. The maximum absolute atomic E-state index is 4.68. The van der Waals surface area contributed by atoms with Crippen molar-refractivity contribution in [3.63, 3.8) is 0 Å². The van der Waals surface area contributed by atoms with Gasteiger partial charge >= 0.3 is 0 Å². The first-order valence-electron chi connectivity index (χ1n) is 5.41. The first kappa shape index (κ1) is 12.6. The zero-order valence-electron chi connectivity index (χ0n) is 9.99. The number of hydrogen-bond acceptors (Lipinski definition) is 1. The summed E-state index contributed by atoms with van der Waals surface area (Å²) in [6.07, 6.45) is 2.28. The molecule has 0 N–H and O–H groups in total. The number of allylic oxidation sites excluding steroid dienone is 1. The normalized spacial score (nSPS) is 13.3. The smallest absolute Gasteiger partial charge is 0.119 e. The Kier molecular flexibility index (Phi) is 4.23. The first-order chi connectivity index (χ1) is 6.94. The Hall–Kier alpha value is -0.473. The lowest BCUT2D eigenvalue weighted by Crippen LogP contribution is -2.42. The third-order valence-corrected chi connectivity index (χ3v) is 7.68. The molecule has 0 aliphatic heterocycles. The van der Waals surface area contributed by atoms with E-state index >= 15 is 0 Å². The zero-order valence-corrected chi connectivity index (χ0v) is 11.9. The second-order valence-corrected chi connectivity index (χ2v) is 10.1. The predicted octanol–water partition coefficient (Wildman–Crippen LogP) is 3.61. The molecule has 0 radical (unpaired) electrons. The number of rotatable bonds is 3. The van der Waals surface area contributed by atoms with Crippen LogP contribution in [-0.2, 0) is 0 Å². The molecule has 15 heavy (non-hydrogen) atoms. The van der Waals surface area contributed by atoms with Gasteiger partial charge in [0, 0.05) is 0 Å². The summed E-state index contributed by atoms with van der Waals surface area (Å²) in [5.74, 6) is 0.577. The summed E-state index contributed by atoms with van der Waals surface area (Å²) in [5, 5.41) is 1.45. The van der Waals surface area contributed by atoms with Crippen LogP contribution in [0, 0.1) is 5.92 Å². The molecule has 0 amide bonds. The molecular formula is C13H20SSi. The van der Waals surface area contributed by atoms with Gasteiger partial charge in [0.2, 0.25) is 0 Å². The minimum atomic E-state index is -1.52. The minimum absolute atomic E-state index is 0.577. The second-order valence-electron chi connectivity index (χ2n) is 4.79. The van der Waals surface area contributed by atoms with Gasteiger partial charge in [-0.25, -0.2) is 0 Å². The Balaban J connectivity index is 3.03. The summed E-state index contributed by atoms with van der Waals surface area (Å²) in [6, 6.07) is 10.7. The molecule has 0 heterocycles. The quantitative estimate of drug-likeness (QED) is 0.601. The van der Waals surface area contributed by atoms with Gasteiger partial charge in [-0.15, -0.1) is 0 Å². The SMILES string of the molecule is CC(C)/C=C(\S)[Si](C)(C)c1ccccc1. The van der Waals surface area contributed by atoms with Crippen molar-refractivity contribution in [2.75, 3.05) is 0 Å². The average Bonchev–Trinajstić information content (AvgIpc) is 2.18. The zero-order chi connectivity index (χ0) is 11.5. The Morgan fingerprint density at radius 2 is 1.73 bits per heavy atom. The van der Waals surface area contributed by atoms with E-state index < -0.39 is 8.07 Å². The lowest BCUT2D eigenvalue weighted by atomic mass is 10.2. The molecule has 0 saturated heterocycles. The van der Waals surface area contributed by atoms with Crippen LogP contribution in [0.4, 0.5) is 0 Å². The van der Waals surface area contributed by atoms with Crippen molar-refractivity contribution in [3.8, 4) is 0 Å². The summed E-state index contributed by atoms with van der Waals surface area (Å²) in [7, 11) is -1.52. The van der Waals surface area contributed by atoms with Crippen LogP contribution < -0.4 is 5.19 Å². The van der Waals surface area contributed by atoms with E-state index in [4.69, 9.17) is 0 Å². The van der Waals surface area contributed by atoms with E-state index in [-0.39, 0.29) is 0 Å². The fourth-order valence-corrected chi connectivity index (χ4v) is 4.28. The van der Waals surface area contributed by atoms with Crippen LogP contribution in [0.2, 0.25) is 13.1 Å². The molecule has 0 aliphatic carbocycles. The van der Waals surface area contributed by atoms with E-state index in [1.807, 2.05) is 0 Å². The van der Waals surface area contributed by atoms with Crippen molar-refractivity contribution in [1.29, 1.82) is 0 Å². The van der Waals surface area contributed by atoms with E-state index in [9.17, 15) is 0 Å². The molecule has 1 rings (SSSR count). The van der Waals surface area contributed by atoms with Gasteiger partial charge in [0.15, 0.2) is 0 Å². The van der Waals surface area contributed by atoms with E-state index in [1.54, 1.807) is 0 Å². The Morgan fingerprint density at radius 3 is 2.20 bits per heavy atom. The molecule has 0 spiro atoms. The van der Waals surface area contributed by atoms with Gasteiger partial charge in [-0.05, 0) is 10.4 Å². The molecule has 0 aliphatic rings. The predicted molar refractivity (Wildman–Crippen MR) is 75.5 cm³/mol.